The van der Waals surface area contributed by atoms with Crippen LogP contribution < -0.4 is 0 Å². The van der Waals surface area contributed by atoms with Gasteiger partial charge in [0.05, 0.1) is 6.04 Å². The molecule has 19 heavy (non-hydrogen) atoms. The van der Waals surface area contributed by atoms with Crippen LogP contribution in [0, 0.1) is 6.04 Å². The zero-order chi connectivity index (χ0) is 13.5. The topological polar surface area (TPSA) is 15.7 Å². The van der Waals surface area contributed by atoms with Gasteiger partial charge in [-0.3, -0.25) is 4.90 Å². The average Bonchev–Trinajstić information content (AvgIpc) is 2.38. The van der Waals surface area contributed by atoms with E-state index < -0.39 is 0 Å². The highest BCUT2D eigenvalue weighted by molar-refractivity contribution is 5.35. The second kappa shape index (κ2) is 4.95. The summed E-state index contributed by atoms with van der Waals surface area (Å²) >= 11 is 0. The molecule has 0 spiro atoms. The summed E-state index contributed by atoms with van der Waals surface area (Å²) in [7, 11) is 2.20. The summed E-state index contributed by atoms with van der Waals surface area (Å²) in [4.78, 5) is 4.95. The standard InChI is InChI=1S/C16H25N2O/c1-16(2)7-6-13-12-14(4-5-15(13)19-16)18-10-8-17(3)9-11-18/h4-5H,6-12H2,1-3H3. The van der Waals surface area contributed by atoms with Gasteiger partial charge in [-0.15, -0.1) is 0 Å². The molecule has 2 aliphatic heterocycles. The van der Waals surface area contributed by atoms with Gasteiger partial charge in [-0.2, -0.15) is 0 Å². The Morgan fingerprint density at radius 1 is 1.11 bits per heavy atom. The predicted molar refractivity (Wildman–Crippen MR) is 77.5 cm³/mol. The van der Waals surface area contributed by atoms with Gasteiger partial charge in [0, 0.05) is 26.2 Å². The molecule has 1 radical (unpaired) electrons. The van der Waals surface area contributed by atoms with E-state index in [1.807, 2.05) is 0 Å². The quantitative estimate of drug-likeness (QED) is 0.721. The molecular formula is C16H25N2O. The molecule has 0 aromatic carbocycles. The van der Waals surface area contributed by atoms with Gasteiger partial charge in [0.2, 0.25) is 0 Å². The van der Waals surface area contributed by atoms with E-state index in [2.05, 4.69) is 42.8 Å². The van der Waals surface area contributed by atoms with Crippen molar-refractivity contribution in [1.82, 2.24) is 9.80 Å². The van der Waals surface area contributed by atoms with Crippen LogP contribution in [-0.2, 0) is 4.74 Å². The van der Waals surface area contributed by atoms with Gasteiger partial charge in [-0.1, -0.05) is 6.08 Å². The number of hydrogen-bond acceptors (Lipinski definition) is 3. The van der Waals surface area contributed by atoms with E-state index in [0.717, 1.165) is 31.7 Å². The third kappa shape index (κ3) is 2.87. The van der Waals surface area contributed by atoms with Crippen LogP contribution in [0.15, 0.2) is 23.5 Å². The first-order chi connectivity index (χ1) is 9.03. The van der Waals surface area contributed by atoms with Crippen molar-refractivity contribution in [3.8, 4) is 0 Å². The summed E-state index contributed by atoms with van der Waals surface area (Å²) in [5.41, 5.74) is 1.50. The fourth-order valence-electron chi connectivity index (χ4n) is 3.08. The SMILES string of the molecule is CN1CCN([C]2C=CC3=C(CCC(C)(C)O3)C2)CC1. The van der Waals surface area contributed by atoms with Crippen LogP contribution in [0.4, 0.5) is 0 Å². The highest BCUT2D eigenvalue weighted by Gasteiger charge is 2.32. The first kappa shape index (κ1) is 13.2. The lowest BCUT2D eigenvalue weighted by Crippen LogP contribution is -2.46. The number of piperazine rings is 1. The Labute approximate surface area is 116 Å². The van der Waals surface area contributed by atoms with Crippen LogP contribution in [0.3, 0.4) is 0 Å². The minimum absolute atomic E-state index is 0.00845. The second-order valence-corrected chi connectivity index (χ2v) is 6.62. The molecule has 0 amide bonds. The molecule has 0 saturated carbocycles. The van der Waals surface area contributed by atoms with Gasteiger partial charge in [0.25, 0.3) is 0 Å². The first-order valence-corrected chi connectivity index (χ1v) is 7.42. The van der Waals surface area contributed by atoms with E-state index in [9.17, 15) is 0 Å². The van der Waals surface area contributed by atoms with Crippen LogP contribution in [-0.4, -0.2) is 48.6 Å². The molecule has 0 unspecified atom stereocenters. The number of allylic oxidation sites excluding steroid dienone is 1. The van der Waals surface area contributed by atoms with Crippen molar-refractivity contribution in [2.24, 2.45) is 0 Å². The Hall–Kier alpha value is -0.800. The van der Waals surface area contributed by atoms with Gasteiger partial charge in [0.1, 0.15) is 11.4 Å². The Bertz CT molecular complexity index is 403. The molecule has 3 heteroatoms. The maximum atomic E-state index is 6.08. The lowest BCUT2D eigenvalue weighted by molar-refractivity contribution is 0.0175. The van der Waals surface area contributed by atoms with Crippen LogP contribution in [0.25, 0.3) is 0 Å². The van der Waals surface area contributed by atoms with Crippen molar-refractivity contribution in [3.63, 3.8) is 0 Å². The molecule has 2 heterocycles. The molecule has 105 valence electrons. The third-order valence-electron chi connectivity index (χ3n) is 4.49. The smallest absolute Gasteiger partial charge is 0.119 e. The van der Waals surface area contributed by atoms with E-state index in [-0.39, 0.29) is 5.60 Å². The van der Waals surface area contributed by atoms with Gasteiger partial charge >= 0.3 is 0 Å². The first-order valence-electron chi connectivity index (χ1n) is 7.42. The lowest BCUT2D eigenvalue weighted by atomic mass is 9.87. The number of nitrogens with zero attached hydrogens (tertiary/aromatic N) is 2. The van der Waals surface area contributed by atoms with Gasteiger partial charge in [-0.05, 0) is 51.8 Å². The molecule has 1 fully saturated rings. The third-order valence-corrected chi connectivity index (χ3v) is 4.49. The number of ether oxygens (including phenoxy) is 1. The molecule has 3 nitrogen and oxygen atoms in total. The van der Waals surface area contributed by atoms with Crippen LogP contribution in [0.2, 0.25) is 0 Å². The summed E-state index contributed by atoms with van der Waals surface area (Å²) in [5, 5.41) is 0. The highest BCUT2D eigenvalue weighted by Crippen LogP contribution is 2.39. The van der Waals surface area contributed by atoms with E-state index in [1.165, 1.54) is 31.1 Å². The van der Waals surface area contributed by atoms with Crippen LogP contribution in [0.1, 0.15) is 33.1 Å². The minimum atomic E-state index is 0.00845. The van der Waals surface area contributed by atoms with Crippen LogP contribution in [0.5, 0.6) is 0 Å². The van der Waals surface area contributed by atoms with Crippen molar-refractivity contribution >= 4 is 0 Å². The van der Waals surface area contributed by atoms with Gasteiger partial charge in [-0.25, -0.2) is 0 Å². The molecule has 1 saturated heterocycles. The Balaban J connectivity index is 1.65. The second-order valence-electron chi connectivity index (χ2n) is 6.62. The van der Waals surface area contributed by atoms with Gasteiger partial charge in [0.15, 0.2) is 0 Å². The number of hydrogen-bond donors (Lipinski definition) is 0. The van der Waals surface area contributed by atoms with Crippen molar-refractivity contribution in [2.75, 3.05) is 33.2 Å². The zero-order valence-electron chi connectivity index (χ0n) is 12.4. The number of likely N-dealkylation sites (N-methyl/N-ethyl adjacent to an activating group) is 1. The fourth-order valence-corrected chi connectivity index (χ4v) is 3.08. The van der Waals surface area contributed by atoms with E-state index >= 15 is 0 Å². The van der Waals surface area contributed by atoms with Crippen LogP contribution >= 0.6 is 0 Å². The highest BCUT2D eigenvalue weighted by atomic mass is 16.5. The van der Waals surface area contributed by atoms with E-state index in [0.29, 0.717) is 0 Å². The van der Waals surface area contributed by atoms with Gasteiger partial charge < -0.3 is 9.64 Å². The predicted octanol–water partition coefficient (Wildman–Crippen LogP) is 2.57. The molecule has 0 N–H and O–H groups in total. The lowest BCUT2D eigenvalue weighted by Gasteiger charge is -2.40. The Kier molecular flexibility index (Phi) is 3.44. The molecule has 3 rings (SSSR count). The van der Waals surface area contributed by atoms with Crippen molar-refractivity contribution in [3.05, 3.63) is 29.5 Å². The Morgan fingerprint density at radius 2 is 1.84 bits per heavy atom. The molecular weight excluding hydrogens is 236 g/mol. The average molecular weight is 261 g/mol. The van der Waals surface area contributed by atoms with Crippen molar-refractivity contribution < 1.29 is 4.74 Å². The molecule has 0 atom stereocenters. The van der Waals surface area contributed by atoms with E-state index in [1.54, 1.807) is 0 Å². The molecule has 0 aromatic rings. The minimum Gasteiger partial charge on any atom is -0.488 e. The summed E-state index contributed by atoms with van der Waals surface area (Å²) in [5.74, 6) is 1.13. The molecule has 3 aliphatic rings. The summed E-state index contributed by atoms with van der Waals surface area (Å²) in [6.45, 7) is 9.03. The molecule has 0 bridgehead atoms. The Morgan fingerprint density at radius 3 is 2.58 bits per heavy atom. The maximum Gasteiger partial charge on any atom is 0.119 e. The fraction of sp³-hybridized carbons (Fsp3) is 0.688. The molecule has 1 aliphatic carbocycles. The van der Waals surface area contributed by atoms with E-state index in [4.69, 9.17) is 4.74 Å². The normalized spacial score (nSPS) is 29.2. The zero-order valence-corrected chi connectivity index (χ0v) is 12.4. The maximum absolute atomic E-state index is 6.08. The largest absolute Gasteiger partial charge is 0.488 e. The monoisotopic (exact) mass is 261 g/mol. The number of rotatable bonds is 1. The summed E-state index contributed by atoms with van der Waals surface area (Å²) in [6, 6.07) is 1.48. The molecule has 0 aromatic heterocycles. The summed E-state index contributed by atoms with van der Waals surface area (Å²) in [6.07, 6.45) is 7.87. The van der Waals surface area contributed by atoms with Crippen molar-refractivity contribution in [1.29, 1.82) is 0 Å². The summed E-state index contributed by atoms with van der Waals surface area (Å²) < 4.78 is 6.08. The van der Waals surface area contributed by atoms with Crippen molar-refractivity contribution in [2.45, 2.75) is 38.7 Å².